The van der Waals surface area contributed by atoms with Gasteiger partial charge in [-0.2, -0.15) is 0 Å². The summed E-state index contributed by atoms with van der Waals surface area (Å²) in [4.78, 5) is 0. The van der Waals surface area contributed by atoms with Crippen molar-refractivity contribution in [2.45, 2.75) is 45.2 Å². The van der Waals surface area contributed by atoms with Gasteiger partial charge in [0.2, 0.25) is 0 Å². The molecule has 1 fully saturated rings. The molecule has 1 heterocycles. The number of phenolic OH excluding ortho intramolecular Hbond substituents is 1. The predicted molar refractivity (Wildman–Crippen MR) is 87.6 cm³/mol. The van der Waals surface area contributed by atoms with Gasteiger partial charge in [0.1, 0.15) is 17.3 Å². The summed E-state index contributed by atoms with van der Waals surface area (Å²) in [6, 6.07) is 7.78. The van der Waals surface area contributed by atoms with Crippen LogP contribution < -0.4 is 10.1 Å². The molecule has 2 N–H and O–H groups in total. The van der Waals surface area contributed by atoms with Gasteiger partial charge in [0.25, 0.3) is 0 Å². The fourth-order valence-corrected chi connectivity index (χ4v) is 3.39. The normalized spacial score (nSPS) is 20.8. The Bertz CT molecular complexity index is 653. The van der Waals surface area contributed by atoms with Crippen LogP contribution in [0.1, 0.15) is 36.3 Å². The first kappa shape index (κ1) is 15.9. The number of methoxy groups -OCH3 is 1. The molecular weight excluding hydrogens is 292 g/mol. The number of aryl methyl sites for hydroxylation is 1. The topological polar surface area (TPSA) is 67.5 Å². The van der Waals surface area contributed by atoms with Crippen LogP contribution in [0.15, 0.2) is 28.8 Å². The van der Waals surface area contributed by atoms with Crippen molar-refractivity contribution >= 4 is 0 Å². The van der Waals surface area contributed by atoms with Gasteiger partial charge in [0.05, 0.1) is 12.8 Å². The lowest BCUT2D eigenvalue weighted by Crippen LogP contribution is -2.32. The highest BCUT2D eigenvalue weighted by molar-refractivity contribution is 5.39. The number of aromatic nitrogens is 1. The molecule has 0 aliphatic heterocycles. The Morgan fingerprint density at radius 1 is 1.35 bits per heavy atom. The molecule has 1 aliphatic carbocycles. The Morgan fingerprint density at radius 2 is 2.22 bits per heavy atom. The SMILES string of the molecule is COc1ccc(O)c(CN[C@@H]2CCC[C@H]2Cc2cc(C)no2)c1. The molecule has 5 heteroatoms. The predicted octanol–water partition coefficient (Wildman–Crippen LogP) is 3.20. The quantitative estimate of drug-likeness (QED) is 0.856. The maximum Gasteiger partial charge on any atom is 0.137 e. The number of rotatable bonds is 6. The molecule has 0 saturated heterocycles. The molecule has 0 unspecified atom stereocenters. The molecular formula is C18H24N2O3. The summed E-state index contributed by atoms with van der Waals surface area (Å²) in [6.45, 7) is 2.59. The zero-order chi connectivity index (χ0) is 16.2. The maximum atomic E-state index is 9.99. The van der Waals surface area contributed by atoms with Crippen LogP contribution in [0.3, 0.4) is 0 Å². The molecule has 1 aromatic heterocycles. The highest BCUT2D eigenvalue weighted by Gasteiger charge is 2.28. The summed E-state index contributed by atoms with van der Waals surface area (Å²) >= 11 is 0. The van der Waals surface area contributed by atoms with Crippen LogP contribution in [0.2, 0.25) is 0 Å². The van der Waals surface area contributed by atoms with Crippen molar-refractivity contribution in [2.75, 3.05) is 7.11 Å². The standard InChI is InChI=1S/C18H24N2O3/c1-12-8-16(23-20-12)9-13-4-3-5-17(13)19-11-14-10-15(22-2)6-7-18(14)21/h6-8,10,13,17,19,21H,3-5,9,11H2,1-2H3/t13-,17+/m0/s1. The van der Waals surface area contributed by atoms with Gasteiger partial charge in [-0.1, -0.05) is 11.6 Å². The number of hydrogen-bond donors (Lipinski definition) is 2. The summed E-state index contributed by atoms with van der Waals surface area (Å²) in [5, 5.41) is 17.5. The van der Waals surface area contributed by atoms with E-state index >= 15 is 0 Å². The molecule has 1 aromatic carbocycles. The van der Waals surface area contributed by atoms with E-state index in [0.29, 0.717) is 24.3 Å². The fourth-order valence-electron chi connectivity index (χ4n) is 3.39. The Morgan fingerprint density at radius 3 is 2.96 bits per heavy atom. The molecule has 0 spiro atoms. The third-order valence-electron chi connectivity index (χ3n) is 4.64. The fraction of sp³-hybridized carbons (Fsp3) is 0.500. The van der Waals surface area contributed by atoms with Gasteiger partial charge >= 0.3 is 0 Å². The molecule has 3 rings (SSSR count). The first-order valence-corrected chi connectivity index (χ1v) is 8.17. The smallest absolute Gasteiger partial charge is 0.137 e. The number of nitrogens with one attached hydrogen (secondary N) is 1. The van der Waals surface area contributed by atoms with Gasteiger partial charge in [0.15, 0.2) is 0 Å². The largest absolute Gasteiger partial charge is 0.508 e. The first-order chi connectivity index (χ1) is 11.2. The second kappa shape index (κ2) is 7.04. The van der Waals surface area contributed by atoms with E-state index < -0.39 is 0 Å². The Balaban J connectivity index is 1.60. The zero-order valence-corrected chi connectivity index (χ0v) is 13.7. The molecule has 0 bridgehead atoms. The number of ether oxygens (including phenoxy) is 1. The monoisotopic (exact) mass is 316 g/mol. The van der Waals surface area contributed by atoms with E-state index in [4.69, 9.17) is 9.26 Å². The van der Waals surface area contributed by atoms with Crippen molar-refractivity contribution in [3.05, 3.63) is 41.3 Å². The van der Waals surface area contributed by atoms with Gasteiger partial charge in [-0.15, -0.1) is 0 Å². The van der Waals surface area contributed by atoms with Gasteiger partial charge in [-0.25, -0.2) is 0 Å². The van der Waals surface area contributed by atoms with Crippen molar-refractivity contribution in [2.24, 2.45) is 5.92 Å². The zero-order valence-electron chi connectivity index (χ0n) is 13.7. The number of nitrogens with zero attached hydrogens (tertiary/aromatic N) is 1. The third-order valence-corrected chi connectivity index (χ3v) is 4.64. The highest BCUT2D eigenvalue weighted by atomic mass is 16.5. The number of aromatic hydroxyl groups is 1. The van der Waals surface area contributed by atoms with Crippen LogP contribution in [0.5, 0.6) is 11.5 Å². The molecule has 0 radical (unpaired) electrons. The van der Waals surface area contributed by atoms with Crippen molar-refractivity contribution in [3.8, 4) is 11.5 Å². The number of hydrogen-bond acceptors (Lipinski definition) is 5. The van der Waals surface area contributed by atoms with Gasteiger partial charge in [-0.3, -0.25) is 0 Å². The maximum absolute atomic E-state index is 9.99. The van der Waals surface area contributed by atoms with E-state index in [1.807, 2.05) is 19.1 Å². The molecule has 2 atom stereocenters. The van der Waals surface area contributed by atoms with E-state index in [2.05, 4.69) is 10.5 Å². The lowest BCUT2D eigenvalue weighted by atomic mass is 9.97. The van der Waals surface area contributed by atoms with Gasteiger partial charge in [0, 0.05) is 30.6 Å². The summed E-state index contributed by atoms with van der Waals surface area (Å²) in [6.07, 6.45) is 4.49. The minimum atomic E-state index is 0.304. The van der Waals surface area contributed by atoms with Crippen molar-refractivity contribution < 1.29 is 14.4 Å². The van der Waals surface area contributed by atoms with E-state index in [1.165, 1.54) is 12.8 Å². The second-order valence-electron chi connectivity index (χ2n) is 6.31. The molecule has 5 nitrogen and oxygen atoms in total. The van der Waals surface area contributed by atoms with E-state index in [1.54, 1.807) is 19.2 Å². The molecule has 1 aliphatic rings. The van der Waals surface area contributed by atoms with Crippen molar-refractivity contribution in [3.63, 3.8) is 0 Å². The number of phenols is 1. The van der Waals surface area contributed by atoms with Gasteiger partial charge in [-0.05, 0) is 43.9 Å². The van der Waals surface area contributed by atoms with Gasteiger partial charge < -0.3 is 19.7 Å². The second-order valence-corrected chi connectivity index (χ2v) is 6.31. The van der Waals surface area contributed by atoms with Crippen LogP contribution in [0.25, 0.3) is 0 Å². The number of benzene rings is 1. The average Bonchev–Trinajstić information content (AvgIpc) is 3.16. The van der Waals surface area contributed by atoms with Crippen LogP contribution in [0, 0.1) is 12.8 Å². The van der Waals surface area contributed by atoms with E-state index in [0.717, 1.165) is 35.6 Å². The Kier molecular flexibility index (Phi) is 4.86. The van der Waals surface area contributed by atoms with Crippen LogP contribution in [-0.2, 0) is 13.0 Å². The minimum absolute atomic E-state index is 0.304. The van der Waals surface area contributed by atoms with Crippen LogP contribution >= 0.6 is 0 Å². The molecule has 23 heavy (non-hydrogen) atoms. The highest BCUT2D eigenvalue weighted by Crippen LogP contribution is 2.30. The van der Waals surface area contributed by atoms with Crippen molar-refractivity contribution in [1.82, 2.24) is 10.5 Å². The van der Waals surface area contributed by atoms with Crippen LogP contribution in [0.4, 0.5) is 0 Å². The first-order valence-electron chi connectivity index (χ1n) is 8.17. The Labute approximate surface area is 136 Å². The molecule has 124 valence electrons. The summed E-state index contributed by atoms with van der Waals surface area (Å²) in [5.41, 5.74) is 1.80. The van der Waals surface area contributed by atoms with Crippen LogP contribution in [-0.4, -0.2) is 23.4 Å². The third kappa shape index (κ3) is 3.85. The summed E-state index contributed by atoms with van der Waals surface area (Å²) < 4.78 is 10.6. The minimum Gasteiger partial charge on any atom is -0.508 e. The van der Waals surface area contributed by atoms with E-state index in [-0.39, 0.29) is 0 Å². The van der Waals surface area contributed by atoms with E-state index in [9.17, 15) is 5.11 Å². The lowest BCUT2D eigenvalue weighted by Gasteiger charge is -2.20. The summed E-state index contributed by atoms with van der Waals surface area (Å²) in [7, 11) is 1.63. The molecule has 0 amide bonds. The lowest BCUT2D eigenvalue weighted by molar-refractivity contribution is 0.328. The molecule has 2 aromatic rings. The average molecular weight is 316 g/mol. The summed E-state index contributed by atoms with van der Waals surface area (Å²) in [5.74, 6) is 2.58. The van der Waals surface area contributed by atoms with Crippen molar-refractivity contribution in [1.29, 1.82) is 0 Å². The Hall–Kier alpha value is -2.01. The molecule has 1 saturated carbocycles.